The first-order chi connectivity index (χ1) is 9.99. The van der Waals surface area contributed by atoms with Gasteiger partial charge in [-0.15, -0.1) is 0 Å². The lowest BCUT2D eigenvalue weighted by Crippen LogP contribution is -2.03. The standard InChI is InChI=1S/C16H23Cl2N3/c1-11(2)7-5-3-4-6-8-21-15-10-13(18)12(17)9-14(15)20-16(21)19/h9-11H,3-8H2,1-2H3,(H2,19,20). The lowest BCUT2D eigenvalue weighted by molar-refractivity contribution is 0.508. The Morgan fingerprint density at radius 3 is 2.48 bits per heavy atom. The van der Waals surface area contributed by atoms with Gasteiger partial charge >= 0.3 is 0 Å². The Kier molecular flexibility index (Phi) is 5.77. The fraction of sp³-hybridized carbons (Fsp3) is 0.562. The summed E-state index contributed by atoms with van der Waals surface area (Å²) in [7, 11) is 0. The maximum Gasteiger partial charge on any atom is 0.201 e. The van der Waals surface area contributed by atoms with Crippen LogP contribution in [0.25, 0.3) is 11.0 Å². The van der Waals surface area contributed by atoms with Crippen molar-refractivity contribution >= 4 is 40.2 Å². The zero-order valence-electron chi connectivity index (χ0n) is 12.7. The lowest BCUT2D eigenvalue weighted by Gasteiger charge is -2.08. The summed E-state index contributed by atoms with van der Waals surface area (Å²) in [6.07, 6.45) is 6.21. The molecule has 0 saturated carbocycles. The van der Waals surface area contributed by atoms with E-state index in [0.29, 0.717) is 16.0 Å². The summed E-state index contributed by atoms with van der Waals surface area (Å²) >= 11 is 12.1. The number of fused-ring (bicyclic) bond motifs is 1. The highest BCUT2D eigenvalue weighted by molar-refractivity contribution is 6.42. The van der Waals surface area contributed by atoms with E-state index in [1.165, 1.54) is 25.7 Å². The summed E-state index contributed by atoms with van der Waals surface area (Å²) in [4.78, 5) is 4.35. The Balaban J connectivity index is 1.95. The monoisotopic (exact) mass is 327 g/mol. The van der Waals surface area contributed by atoms with E-state index in [1.807, 2.05) is 10.6 Å². The summed E-state index contributed by atoms with van der Waals surface area (Å²) in [5.41, 5.74) is 7.77. The van der Waals surface area contributed by atoms with E-state index >= 15 is 0 Å². The predicted octanol–water partition coefficient (Wildman–Crippen LogP) is 5.53. The zero-order chi connectivity index (χ0) is 15.4. The number of nitrogen functional groups attached to an aromatic ring is 1. The minimum atomic E-state index is 0.516. The third-order valence-electron chi connectivity index (χ3n) is 3.73. The number of halogens is 2. The maximum atomic E-state index is 6.09. The quantitative estimate of drug-likeness (QED) is 0.679. The van der Waals surface area contributed by atoms with Crippen LogP contribution in [0.1, 0.15) is 46.0 Å². The molecular weight excluding hydrogens is 305 g/mol. The Labute approximate surface area is 136 Å². The molecule has 0 bridgehead atoms. The number of aryl methyl sites for hydroxylation is 1. The van der Waals surface area contributed by atoms with E-state index in [-0.39, 0.29) is 0 Å². The fourth-order valence-corrected chi connectivity index (χ4v) is 2.87. The van der Waals surface area contributed by atoms with E-state index in [2.05, 4.69) is 18.8 Å². The minimum absolute atomic E-state index is 0.516. The highest BCUT2D eigenvalue weighted by Gasteiger charge is 2.10. The largest absolute Gasteiger partial charge is 0.369 e. The molecule has 5 heteroatoms. The maximum absolute atomic E-state index is 6.09. The lowest BCUT2D eigenvalue weighted by atomic mass is 10.0. The second kappa shape index (κ2) is 7.37. The normalized spacial score (nSPS) is 11.7. The first-order valence-corrected chi connectivity index (χ1v) is 8.35. The van der Waals surface area contributed by atoms with Crippen molar-refractivity contribution in [3.05, 3.63) is 22.2 Å². The van der Waals surface area contributed by atoms with Gasteiger partial charge in [0.15, 0.2) is 0 Å². The van der Waals surface area contributed by atoms with Crippen LogP contribution in [-0.2, 0) is 6.54 Å². The molecule has 21 heavy (non-hydrogen) atoms. The van der Waals surface area contributed by atoms with Crippen LogP contribution in [0, 0.1) is 5.92 Å². The molecule has 0 fully saturated rings. The molecule has 116 valence electrons. The molecule has 0 unspecified atom stereocenters. The average Bonchev–Trinajstić information content (AvgIpc) is 2.70. The number of nitrogens with zero attached hydrogens (tertiary/aromatic N) is 2. The molecule has 2 N–H and O–H groups in total. The van der Waals surface area contributed by atoms with Gasteiger partial charge in [0.2, 0.25) is 5.95 Å². The van der Waals surface area contributed by atoms with Crippen molar-refractivity contribution in [3.8, 4) is 0 Å². The molecule has 1 heterocycles. The Morgan fingerprint density at radius 1 is 1.10 bits per heavy atom. The summed E-state index contributed by atoms with van der Waals surface area (Å²) in [5, 5.41) is 1.06. The van der Waals surface area contributed by atoms with Gasteiger partial charge in [-0.2, -0.15) is 0 Å². The van der Waals surface area contributed by atoms with Crippen LogP contribution in [-0.4, -0.2) is 9.55 Å². The van der Waals surface area contributed by atoms with Gasteiger partial charge in [-0.25, -0.2) is 4.98 Å². The van der Waals surface area contributed by atoms with Crippen LogP contribution in [0.3, 0.4) is 0 Å². The minimum Gasteiger partial charge on any atom is -0.369 e. The number of hydrogen-bond acceptors (Lipinski definition) is 2. The number of anilines is 1. The van der Waals surface area contributed by atoms with Gasteiger partial charge in [0, 0.05) is 6.54 Å². The van der Waals surface area contributed by atoms with Crippen molar-refractivity contribution in [3.63, 3.8) is 0 Å². The second-order valence-corrected chi connectivity index (χ2v) is 6.79. The van der Waals surface area contributed by atoms with Crippen LogP contribution in [0.4, 0.5) is 5.95 Å². The van der Waals surface area contributed by atoms with Gasteiger partial charge in [0.05, 0.1) is 21.1 Å². The summed E-state index contributed by atoms with van der Waals surface area (Å²) in [5.74, 6) is 1.33. The van der Waals surface area contributed by atoms with Crippen molar-refractivity contribution in [1.82, 2.24) is 9.55 Å². The number of benzene rings is 1. The number of aromatic nitrogens is 2. The van der Waals surface area contributed by atoms with Gasteiger partial charge in [-0.3, -0.25) is 0 Å². The molecule has 0 saturated heterocycles. The van der Waals surface area contributed by atoms with Crippen molar-refractivity contribution in [2.45, 2.75) is 52.5 Å². The molecule has 1 aromatic heterocycles. The van der Waals surface area contributed by atoms with Crippen LogP contribution in [0.5, 0.6) is 0 Å². The van der Waals surface area contributed by atoms with E-state index in [4.69, 9.17) is 28.9 Å². The van der Waals surface area contributed by atoms with E-state index in [0.717, 1.165) is 29.9 Å². The van der Waals surface area contributed by atoms with Gasteiger partial charge in [0.1, 0.15) is 0 Å². The van der Waals surface area contributed by atoms with Crippen molar-refractivity contribution in [1.29, 1.82) is 0 Å². The Bertz CT molecular complexity index is 605. The summed E-state index contributed by atoms with van der Waals surface area (Å²) < 4.78 is 2.03. The molecular formula is C16H23Cl2N3. The van der Waals surface area contributed by atoms with E-state index in [1.54, 1.807) is 6.07 Å². The Hall–Kier alpha value is -0.930. The third kappa shape index (κ3) is 4.27. The number of imidazole rings is 1. The van der Waals surface area contributed by atoms with Crippen LogP contribution < -0.4 is 5.73 Å². The molecule has 2 aromatic rings. The molecule has 1 aromatic carbocycles. The topological polar surface area (TPSA) is 43.8 Å². The van der Waals surface area contributed by atoms with Gasteiger partial charge in [-0.1, -0.05) is 62.7 Å². The number of hydrogen-bond donors (Lipinski definition) is 1. The molecule has 0 radical (unpaired) electrons. The first-order valence-electron chi connectivity index (χ1n) is 7.59. The van der Waals surface area contributed by atoms with Gasteiger partial charge in [0.25, 0.3) is 0 Å². The molecule has 2 rings (SSSR count). The number of nitrogens with two attached hydrogens (primary N) is 1. The molecule has 3 nitrogen and oxygen atoms in total. The van der Waals surface area contributed by atoms with E-state index in [9.17, 15) is 0 Å². The smallest absolute Gasteiger partial charge is 0.201 e. The fourth-order valence-electron chi connectivity index (χ4n) is 2.55. The first kappa shape index (κ1) is 16.4. The van der Waals surface area contributed by atoms with Crippen LogP contribution in [0.2, 0.25) is 10.0 Å². The van der Waals surface area contributed by atoms with Gasteiger partial charge in [-0.05, 0) is 24.5 Å². The second-order valence-electron chi connectivity index (χ2n) is 5.97. The summed E-state index contributed by atoms with van der Waals surface area (Å²) in [6, 6.07) is 3.62. The van der Waals surface area contributed by atoms with Crippen LogP contribution >= 0.6 is 23.2 Å². The molecule has 0 spiro atoms. The van der Waals surface area contributed by atoms with E-state index < -0.39 is 0 Å². The molecule has 0 aliphatic carbocycles. The number of rotatable bonds is 7. The number of unbranched alkanes of at least 4 members (excludes halogenated alkanes) is 3. The predicted molar refractivity (Wildman–Crippen MR) is 92.1 cm³/mol. The molecule has 0 amide bonds. The molecule has 0 aliphatic rings. The zero-order valence-corrected chi connectivity index (χ0v) is 14.2. The van der Waals surface area contributed by atoms with Crippen molar-refractivity contribution in [2.75, 3.05) is 5.73 Å². The van der Waals surface area contributed by atoms with Crippen molar-refractivity contribution in [2.24, 2.45) is 5.92 Å². The van der Waals surface area contributed by atoms with Crippen molar-refractivity contribution < 1.29 is 0 Å². The molecule has 0 aliphatic heterocycles. The highest BCUT2D eigenvalue weighted by Crippen LogP contribution is 2.29. The third-order valence-corrected chi connectivity index (χ3v) is 4.46. The van der Waals surface area contributed by atoms with Gasteiger partial charge < -0.3 is 10.3 Å². The molecule has 0 atom stereocenters. The highest BCUT2D eigenvalue weighted by atomic mass is 35.5. The Morgan fingerprint density at radius 2 is 1.76 bits per heavy atom. The average molecular weight is 328 g/mol. The van der Waals surface area contributed by atoms with Crippen LogP contribution in [0.15, 0.2) is 12.1 Å². The SMILES string of the molecule is CC(C)CCCCCCn1c(N)nc2cc(Cl)c(Cl)cc21. The summed E-state index contributed by atoms with van der Waals surface area (Å²) in [6.45, 7) is 5.42.